The lowest BCUT2D eigenvalue weighted by Crippen LogP contribution is -2.51. The number of amides is 1. The Labute approximate surface area is 196 Å². The van der Waals surface area contributed by atoms with Crippen molar-refractivity contribution in [3.63, 3.8) is 0 Å². The molecule has 1 aliphatic rings. The number of ether oxygens (including phenoxy) is 1. The van der Waals surface area contributed by atoms with Gasteiger partial charge in [-0.05, 0) is 60.5 Å². The summed E-state index contributed by atoms with van der Waals surface area (Å²) in [5, 5.41) is 3.91. The number of anilines is 1. The fraction of sp³-hybridized carbons (Fsp3) is 0.174. The summed E-state index contributed by atoms with van der Waals surface area (Å²) in [7, 11) is -3.92. The molecule has 0 saturated carbocycles. The number of para-hydroxylation sites is 2. The smallest absolute Gasteiger partial charge is 0.264 e. The molecule has 1 aliphatic heterocycles. The van der Waals surface area contributed by atoms with Gasteiger partial charge in [0.05, 0.1) is 17.1 Å². The molecule has 0 bridgehead atoms. The van der Waals surface area contributed by atoms with Gasteiger partial charge in [-0.1, -0.05) is 47.5 Å². The minimum absolute atomic E-state index is 0.0838. The highest BCUT2D eigenvalue weighted by atomic mass is 35.5. The van der Waals surface area contributed by atoms with E-state index in [2.05, 4.69) is 5.32 Å². The lowest BCUT2D eigenvalue weighted by Gasteiger charge is -2.34. The fourth-order valence-corrected chi connectivity index (χ4v) is 5.12. The second-order valence-corrected chi connectivity index (χ2v) is 9.97. The van der Waals surface area contributed by atoms with Crippen LogP contribution in [0.4, 0.5) is 5.69 Å². The first-order chi connectivity index (χ1) is 15.3. The number of nitrogens with zero attached hydrogens (tertiary/aromatic N) is 1. The zero-order valence-electron chi connectivity index (χ0n) is 16.9. The molecule has 3 aromatic rings. The summed E-state index contributed by atoms with van der Waals surface area (Å²) in [6.45, 7) is 0.237. The van der Waals surface area contributed by atoms with E-state index in [1.165, 1.54) is 28.6 Å². The second-order valence-electron chi connectivity index (χ2n) is 7.23. The molecule has 0 spiro atoms. The SMILES string of the molecule is O=C(NCCc1ccc(Cl)cc1)C1CN(S(=O)(=O)c2ccc(Cl)cc2)c2ccccc2O1. The standard InChI is InChI=1S/C23H20Cl2N2O4S/c24-17-7-5-16(6-8-17)13-14-26-23(28)22-15-27(20-3-1-2-4-21(20)31-22)32(29,30)19-11-9-18(25)10-12-19/h1-12,22H,13-15H2,(H,26,28). The average Bonchev–Trinajstić information content (AvgIpc) is 2.79. The molecule has 1 amide bonds. The zero-order chi connectivity index (χ0) is 22.7. The van der Waals surface area contributed by atoms with E-state index in [-0.39, 0.29) is 17.3 Å². The van der Waals surface area contributed by atoms with E-state index in [9.17, 15) is 13.2 Å². The first-order valence-corrected chi connectivity index (χ1v) is 12.1. The minimum atomic E-state index is -3.92. The summed E-state index contributed by atoms with van der Waals surface area (Å²) in [4.78, 5) is 12.9. The van der Waals surface area contributed by atoms with Crippen LogP contribution in [0.25, 0.3) is 0 Å². The largest absolute Gasteiger partial charge is 0.476 e. The van der Waals surface area contributed by atoms with E-state index in [0.717, 1.165) is 5.56 Å². The van der Waals surface area contributed by atoms with E-state index in [0.29, 0.717) is 34.4 Å². The number of nitrogens with one attached hydrogen (secondary N) is 1. The predicted octanol–water partition coefficient (Wildman–Crippen LogP) is 4.31. The quantitative estimate of drug-likeness (QED) is 0.558. The van der Waals surface area contributed by atoms with Gasteiger partial charge < -0.3 is 10.1 Å². The number of sulfonamides is 1. The van der Waals surface area contributed by atoms with Crippen LogP contribution in [0.2, 0.25) is 10.0 Å². The van der Waals surface area contributed by atoms with Crippen LogP contribution < -0.4 is 14.4 Å². The summed E-state index contributed by atoms with van der Waals surface area (Å²) >= 11 is 11.8. The highest BCUT2D eigenvalue weighted by Crippen LogP contribution is 2.36. The third kappa shape index (κ3) is 4.85. The van der Waals surface area contributed by atoms with Crippen LogP contribution in [0.1, 0.15) is 5.56 Å². The van der Waals surface area contributed by atoms with Gasteiger partial charge >= 0.3 is 0 Å². The van der Waals surface area contributed by atoms with Crippen molar-refractivity contribution in [1.29, 1.82) is 0 Å². The molecule has 32 heavy (non-hydrogen) atoms. The fourth-order valence-electron chi connectivity index (χ4n) is 3.40. The van der Waals surface area contributed by atoms with Crippen LogP contribution in [0.5, 0.6) is 5.75 Å². The van der Waals surface area contributed by atoms with Crippen molar-refractivity contribution in [2.75, 3.05) is 17.4 Å². The maximum absolute atomic E-state index is 13.3. The molecule has 4 rings (SSSR count). The Morgan fingerprint density at radius 3 is 2.28 bits per heavy atom. The number of benzene rings is 3. The van der Waals surface area contributed by atoms with Crippen molar-refractivity contribution in [2.24, 2.45) is 0 Å². The Kier molecular flexibility index (Phi) is 6.60. The number of hydrogen-bond acceptors (Lipinski definition) is 4. The molecule has 0 aliphatic carbocycles. The molecular formula is C23H20Cl2N2O4S. The van der Waals surface area contributed by atoms with E-state index in [1.54, 1.807) is 36.4 Å². The summed E-state index contributed by atoms with van der Waals surface area (Å²) in [6, 6.07) is 20.0. The number of fused-ring (bicyclic) bond motifs is 1. The van der Waals surface area contributed by atoms with Crippen LogP contribution in [-0.4, -0.2) is 33.5 Å². The van der Waals surface area contributed by atoms with Gasteiger partial charge in [0.2, 0.25) is 0 Å². The Bertz CT molecular complexity index is 1220. The van der Waals surface area contributed by atoms with Crippen LogP contribution >= 0.6 is 23.2 Å². The highest BCUT2D eigenvalue weighted by molar-refractivity contribution is 7.92. The minimum Gasteiger partial charge on any atom is -0.476 e. The normalized spacial score (nSPS) is 15.6. The Balaban J connectivity index is 1.52. The van der Waals surface area contributed by atoms with E-state index >= 15 is 0 Å². The Morgan fingerprint density at radius 1 is 0.969 bits per heavy atom. The van der Waals surface area contributed by atoms with Gasteiger partial charge in [-0.2, -0.15) is 0 Å². The van der Waals surface area contributed by atoms with Crippen molar-refractivity contribution in [3.8, 4) is 5.75 Å². The summed E-state index contributed by atoms with van der Waals surface area (Å²) < 4.78 is 33.7. The maximum atomic E-state index is 13.3. The third-order valence-corrected chi connectivity index (χ3v) is 7.35. The molecule has 3 aromatic carbocycles. The lowest BCUT2D eigenvalue weighted by molar-refractivity contribution is -0.127. The molecule has 0 fully saturated rings. The van der Waals surface area contributed by atoms with Crippen molar-refractivity contribution < 1.29 is 17.9 Å². The molecular weight excluding hydrogens is 471 g/mol. The number of hydrogen-bond donors (Lipinski definition) is 1. The molecule has 6 nitrogen and oxygen atoms in total. The lowest BCUT2D eigenvalue weighted by atomic mass is 10.1. The topological polar surface area (TPSA) is 75.7 Å². The van der Waals surface area contributed by atoms with Gasteiger partial charge in [0, 0.05) is 16.6 Å². The molecule has 0 aromatic heterocycles. The van der Waals surface area contributed by atoms with Crippen molar-refractivity contribution in [1.82, 2.24) is 5.32 Å². The van der Waals surface area contributed by atoms with Crippen LogP contribution in [0.3, 0.4) is 0 Å². The van der Waals surface area contributed by atoms with Gasteiger partial charge in [-0.25, -0.2) is 8.42 Å². The van der Waals surface area contributed by atoms with Crippen molar-refractivity contribution in [2.45, 2.75) is 17.4 Å². The molecule has 1 heterocycles. The highest BCUT2D eigenvalue weighted by Gasteiger charge is 2.37. The van der Waals surface area contributed by atoms with E-state index in [1.807, 2.05) is 12.1 Å². The molecule has 166 valence electrons. The molecule has 0 radical (unpaired) electrons. The van der Waals surface area contributed by atoms with Gasteiger partial charge in [0.15, 0.2) is 6.10 Å². The number of carbonyl (C=O) groups is 1. The molecule has 1 atom stereocenters. The second kappa shape index (κ2) is 9.40. The monoisotopic (exact) mass is 490 g/mol. The molecule has 1 unspecified atom stereocenters. The zero-order valence-corrected chi connectivity index (χ0v) is 19.2. The molecule has 0 saturated heterocycles. The summed E-state index contributed by atoms with van der Waals surface area (Å²) in [5.41, 5.74) is 1.41. The van der Waals surface area contributed by atoms with Crippen molar-refractivity contribution in [3.05, 3.63) is 88.4 Å². The average molecular weight is 491 g/mol. The van der Waals surface area contributed by atoms with Gasteiger partial charge in [0.1, 0.15) is 5.75 Å². The number of carbonyl (C=O) groups excluding carboxylic acids is 1. The van der Waals surface area contributed by atoms with Gasteiger partial charge in [-0.15, -0.1) is 0 Å². The van der Waals surface area contributed by atoms with E-state index in [4.69, 9.17) is 27.9 Å². The molecule has 1 N–H and O–H groups in total. The Hall–Kier alpha value is -2.74. The predicted molar refractivity (Wildman–Crippen MR) is 125 cm³/mol. The van der Waals surface area contributed by atoms with Gasteiger partial charge in [0.25, 0.3) is 15.9 Å². The van der Waals surface area contributed by atoms with Gasteiger partial charge in [-0.3, -0.25) is 9.10 Å². The first-order valence-electron chi connectivity index (χ1n) is 9.91. The van der Waals surface area contributed by atoms with E-state index < -0.39 is 16.1 Å². The molecule has 9 heteroatoms. The number of halogens is 2. The number of rotatable bonds is 6. The first kappa shape index (κ1) is 22.5. The third-order valence-electron chi connectivity index (χ3n) is 5.06. The van der Waals surface area contributed by atoms with Crippen molar-refractivity contribution >= 4 is 44.8 Å². The Morgan fingerprint density at radius 2 is 1.59 bits per heavy atom. The summed E-state index contributed by atoms with van der Waals surface area (Å²) in [5.74, 6) is -0.0566. The van der Waals surface area contributed by atoms with Crippen LogP contribution in [0, 0.1) is 0 Å². The van der Waals surface area contributed by atoms with Crippen LogP contribution in [-0.2, 0) is 21.2 Å². The maximum Gasteiger partial charge on any atom is 0.264 e. The summed E-state index contributed by atoms with van der Waals surface area (Å²) in [6.07, 6.45) is -0.379. The van der Waals surface area contributed by atoms with Crippen LogP contribution in [0.15, 0.2) is 77.7 Å².